The van der Waals surface area contributed by atoms with Crippen molar-refractivity contribution in [3.8, 4) is 11.5 Å². The van der Waals surface area contributed by atoms with E-state index in [2.05, 4.69) is 5.32 Å². The Morgan fingerprint density at radius 2 is 1.67 bits per heavy atom. The largest absolute Gasteiger partial charge is 0.486 e. The summed E-state index contributed by atoms with van der Waals surface area (Å²) < 4.78 is 37.6. The van der Waals surface area contributed by atoms with Crippen LogP contribution in [0.3, 0.4) is 0 Å². The number of fused-ring (bicyclic) bond motifs is 1. The van der Waals surface area contributed by atoms with Gasteiger partial charge < -0.3 is 19.7 Å². The van der Waals surface area contributed by atoms with E-state index in [-0.39, 0.29) is 24.1 Å². The molecule has 1 aliphatic heterocycles. The van der Waals surface area contributed by atoms with Crippen LogP contribution in [0.4, 0.5) is 5.69 Å². The number of rotatable bonds is 11. The zero-order valence-electron chi connectivity index (χ0n) is 21.3. The molecular weight excluding hydrogens is 482 g/mol. The monoisotopic (exact) mass is 517 g/mol. The molecule has 0 saturated carbocycles. The molecule has 196 valence electrons. The second-order valence-electron chi connectivity index (χ2n) is 9.24. The minimum absolute atomic E-state index is 0.255. The fourth-order valence-electron chi connectivity index (χ4n) is 3.82. The molecule has 1 atom stereocenters. The Morgan fingerprint density at radius 3 is 2.31 bits per heavy atom. The Bertz CT molecular complexity index is 1150. The predicted molar refractivity (Wildman–Crippen MR) is 139 cm³/mol. The van der Waals surface area contributed by atoms with Gasteiger partial charge in [0, 0.05) is 19.2 Å². The average molecular weight is 518 g/mol. The number of benzene rings is 2. The molecule has 0 unspecified atom stereocenters. The molecule has 0 aromatic heterocycles. The van der Waals surface area contributed by atoms with E-state index in [9.17, 15) is 18.0 Å². The van der Waals surface area contributed by atoms with Gasteiger partial charge in [-0.3, -0.25) is 13.9 Å². The summed E-state index contributed by atoms with van der Waals surface area (Å²) in [6.45, 7) is 6.69. The van der Waals surface area contributed by atoms with Gasteiger partial charge in [-0.05, 0) is 37.0 Å². The fraction of sp³-hybridized carbons (Fsp3) is 0.462. The van der Waals surface area contributed by atoms with Gasteiger partial charge in [0.05, 0.1) is 11.9 Å². The third-order valence-electron chi connectivity index (χ3n) is 5.83. The van der Waals surface area contributed by atoms with Crippen molar-refractivity contribution in [3.63, 3.8) is 0 Å². The first kappa shape index (κ1) is 27.3. The van der Waals surface area contributed by atoms with Crippen LogP contribution in [0.1, 0.15) is 26.3 Å². The van der Waals surface area contributed by atoms with E-state index in [0.717, 1.165) is 16.1 Å². The SMILES string of the molecule is CC(C)CNC(=O)[C@@H](C)N(CCc1ccccc1)C(=O)CN(c1ccc2c(c1)OCCO2)S(C)(=O)=O. The maximum atomic E-state index is 13.6. The Hall–Kier alpha value is -3.27. The van der Waals surface area contributed by atoms with Crippen LogP contribution < -0.4 is 19.1 Å². The summed E-state index contributed by atoms with van der Waals surface area (Å²) in [7, 11) is -3.82. The van der Waals surface area contributed by atoms with Crippen LogP contribution in [0.15, 0.2) is 48.5 Å². The number of carbonyl (C=O) groups is 2. The molecular formula is C26H35N3O6S. The van der Waals surface area contributed by atoms with E-state index < -0.39 is 28.5 Å². The summed E-state index contributed by atoms with van der Waals surface area (Å²) in [5.41, 5.74) is 1.30. The molecule has 1 aliphatic rings. The van der Waals surface area contributed by atoms with Crippen LogP contribution in [-0.2, 0) is 26.0 Å². The van der Waals surface area contributed by atoms with Crippen LogP contribution in [0.2, 0.25) is 0 Å². The van der Waals surface area contributed by atoms with Crippen LogP contribution >= 0.6 is 0 Å². The Morgan fingerprint density at radius 1 is 1.00 bits per heavy atom. The molecule has 2 amide bonds. The minimum Gasteiger partial charge on any atom is -0.486 e. The molecule has 3 rings (SSSR count). The van der Waals surface area contributed by atoms with Crippen LogP contribution in [0, 0.1) is 5.92 Å². The molecule has 9 nitrogen and oxygen atoms in total. The number of hydrogen-bond acceptors (Lipinski definition) is 6. The highest BCUT2D eigenvalue weighted by Gasteiger charge is 2.30. The molecule has 0 radical (unpaired) electrons. The van der Waals surface area contributed by atoms with Crippen molar-refractivity contribution in [1.82, 2.24) is 10.2 Å². The number of anilines is 1. The van der Waals surface area contributed by atoms with Crippen LogP contribution in [0.25, 0.3) is 0 Å². The highest BCUT2D eigenvalue weighted by molar-refractivity contribution is 7.92. The number of sulfonamides is 1. The van der Waals surface area contributed by atoms with Gasteiger partial charge in [-0.2, -0.15) is 0 Å². The number of carbonyl (C=O) groups excluding carboxylic acids is 2. The van der Waals surface area contributed by atoms with Gasteiger partial charge in [-0.1, -0.05) is 44.2 Å². The number of nitrogens with zero attached hydrogens (tertiary/aromatic N) is 2. The second kappa shape index (κ2) is 12.1. The smallest absolute Gasteiger partial charge is 0.244 e. The zero-order chi connectivity index (χ0) is 26.3. The lowest BCUT2D eigenvalue weighted by atomic mass is 10.1. The van der Waals surface area contributed by atoms with Gasteiger partial charge in [-0.15, -0.1) is 0 Å². The van der Waals surface area contributed by atoms with E-state index in [1.807, 2.05) is 44.2 Å². The van der Waals surface area contributed by atoms with Gasteiger partial charge >= 0.3 is 0 Å². The lowest BCUT2D eigenvalue weighted by molar-refractivity contribution is -0.138. The number of ether oxygens (including phenoxy) is 2. The molecule has 0 aliphatic carbocycles. The van der Waals surface area contributed by atoms with Crippen molar-refractivity contribution in [2.24, 2.45) is 5.92 Å². The van der Waals surface area contributed by atoms with Gasteiger partial charge in [0.1, 0.15) is 25.8 Å². The summed E-state index contributed by atoms with van der Waals surface area (Å²) in [5.74, 6) is 0.436. The lowest BCUT2D eigenvalue weighted by Crippen LogP contribution is -2.52. The minimum atomic E-state index is -3.82. The maximum Gasteiger partial charge on any atom is 0.244 e. The topological polar surface area (TPSA) is 105 Å². The Kier molecular flexibility index (Phi) is 9.19. The first-order valence-electron chi connectivity index (χ1n) is 12.0. The van der Waals surface area contributed by atoms with E-state index in [1.54, 1.807) is 25.1 Å². The zero-order valence-corrected chi connectivity index (χ0v) is 22.1. The highest BCUT2D eigenvalue weighted by atomic mass is 32.2. The van der Waals surface area contributed by atoms with E-state index >= 15 is 0 Å². The first-order valence-corrected chi connectivity index (χ1v) is 13.9. The molecule has 0 bridgehead atoms. The lowest BCUT2D eigenvalue weighted by Gasteiger charge is -2.32. The van der Waals surface area contributed by atoms with Gasteiger partial charge in [0.25, 0.3) is 0 Å². The predicted octanol–water partition coefficient (Wildman–Crippen LogP) is 2.46. The van der Waals surface area contributed by atoms with Crippen molar-refractivity contribution in [3.05, 3.63) is 54.1 Å². The highest BCUT2D eigenvalue weighted by Crippen LogP contribution is 2.34. The molecule has 2 aromatic carbocycles. The van der Waals surface area contributed by atoms with E-state index in [4.69, 9.17) is 9.47 Å². The molecule has 0 spiro atoms. The number of nitrogens with one attached hydrogen (secondary N) is 1. The van der Waals surface area contributed by atoms with Crippen molar-refractivity contribution >= 4 is 27.5 Å². The van der Waals surface area contributed by atoms with Crippen molar-refractivity contribution in [2.75, 3.05) is 43.4 Å². The van der Waals surface area contributed by atoms with Crippen molar-refractivity contribution < 1.29 is 27.5 Å². The van der Waals surface area contributed by atoms with Gasteiger partial charge in [-0.25, -0.2) is 8.42 Å². The maximum absolute atomic E-state index is 13.6. The summed E-state index contributed by atoms with van der Waals surface area (Å²) in [6, 6.07) is 13.6. The summed E-state index contributed by atoms with van der Waals surface area (Å²) in [4.78, 5) is 27.8. The molecule has 0 fully saturated rings. The van der Waals surface area contributed by atoms with Gasteiger partial charge in [0.15, 0.2) is 11.5 Å². The number of hydrogen-bond donors (Lipinski definition) is 1. The molecule has 10 heteroatoms. The molecule has 1 N–H and O–H groups in total. The Balaban J connectivity index is 1.84. The normalized spacial score (nSPS) is 13.7. The molecule has 2 aromatic rings. The summed E-state index contributed by atoms with van der Waals surface area (Å²) in [5, 5.41) is 2.87. The Labute approximate surface area is 213 Å². The average Bonchev–Trinajstić information content (AvgIpc) is 2.85. The molecule has 1 heterocycles. The number of amides is 2. The third kappa shape index (κ3) is 7.36. The van der Waals surface area contributed by atoms with E-state index in [0.29, 0.717) is 37.7 Å². The molecule has 0 saturated heterocycles. The summed E-state index contributed by atoms with van der Waals surface area (Å²) in [6.07, 6.45) is 1.57. The first-order chi connectivity index (χ1) is 17.1. The van der Waals surface area contributed by atoms with Gasteiger partial charge in [0.2, 0.25) is 21.8 Å². The second-order valence-corrected chi connectivity index (χ2v) is 11.1. The van der Waals surface area contributed by atoms with Crippen LogP contribution in [0.5, 0.6) is 11.5 Å². The fourth-order valence-corrected chi connectivity index (χ4v) is 4.66. The van der Waals surface area contributed by atoms with E-state index in [1.165, 1.54) is 4.90 Å². The quantitative estimate of drug-likeness (QED) is 0.491. The standard InChI is InChI=1S/C26H35N3O6S/c1-19(2)17-27-26(31)20(3)28(13-12-21-8-6-5-7-9-21)25(30)18-29(36(4,32)33)22-10-11-23-24(16-22)35-15-14-34-23/h5-11,16,19-20H,12-15,17-18H2,1-4H3,(H,27,31)/t20-/m1/s1. The summed E-state index contributed by atoms with van der Waals surface area (Å²) >= 11 is 0. The van der Waals surface area contributed by atoms with Crippen molar-refractivity contribution in [2.45, 2.75) is 33.2 Å². The van der Waals surface area contributed by atoms with Crippen molar-refractivity contribution in [1.29, 1.82) is 0 Å². The third-order valence-corrected chi connectivity index (χ3v) is 6.97. The molecule has 36 heavy (non-hydrogen) atoms. The van der Waals surface area contributed by atoms with Crippen LogP contribution in [-0.4, -0.2) is 70.3 Å².